The number of rotatable bonds is 5. The molecule has 0 radical (unpaired) electrons. The summed E-state index contributed by atoms with van der Waals surface area (Å²) >= 11 is 0. The van der Waals surface area contributed by atoms with E-state index in [2.05, 4.69) is 38.2 Å². The second-order valence-electron chi connectivity index (χ2n) is 7.53. The maximum atomic E-state index is 12.8. The molecule has 7 heteroatoms. The highest BCUT2D eigenvalue weighted by atomic mass is 16.2. The summed E-state index contributed by atoms with van der Waals surface area (Å²) in [6.07, 6.45) is 2.63. The van der Waals surface area contributed by atoms with Crippen LogP contribution in [-0.4, -0.2) is 50.5 Å². The summed E-state index contributed by atoms with van der Waals surface area (Å²) in [5.74, 6) is 1.05. The van der Waals surface area contributed by atoms with Crippen molar-refractivity contribution >= 4 is 17.4 Å². The molecule has 0 atom stereocenters. The number of anilines is 1. The number of amides is 1. The highest BCUT2D eigenvalue weighted by molar-refractivity contribution is 5.78. The molecule has 1 fully saturated rings. The predicted octanol–water partition coefficient (Wildman–Crippen LogP) is 2.54. The van der Waals surface area contributed by atoms with Gasteiger partial charge in [-0.3, -0.25) is 4.79 Å². The lowest BCUT2D eigenvalue weighted by molar-refractivity contribution is -0.129. The maximum Gasteiger partial charge on any atom is 0.252 e. The maximum absolute atomic E-state index is 12.8. The Morgan fingerprint density at radius 2 is 1.89 bits per heavy atom. The van der Waals surface area contributed by atoms with Gasteiger partial charge in [-0.15, -0.1) is 5.10 Å². The minimum Gasteiger partial charge on any atom is -0.371 e. The first-order chi connectivity index (χ1) is 13.5. The zero-order valence-corrected chi connectivity index (χ0v) is 16.7. The summed E-state index contributed by atoms with van der Waals surface area (Å²) < 4.78 is 1.69. The molecule has 3 aromatic rings. The molecule has 0 bridgehead atoms. The van der Waals surface area contributed by atoms with Gasteiger partial charge < -0.3 is 9.80 Å². The summed E-state index contributed by atoms with van der Waals surface area (Å²) in [7, 11) is 1.84. The van der Waals surface area contributed by atoms with E-state index in [1.54, 1.807) is 9.42 Å². The fraction of sp³-hybridized carbons (Fsp3) is 0.429. The number of hydrogen-bond acceptors (Lipinski definition) is 5. The van der Waals surface area contributed by atoms with Crippen molar-refractivity contribution in [3.05, 3.63) is 53.1 Å². The SMILES string of the molecule is Cc1cc(C)n2nc(CC(=O)N(C)Cc3ccccc3N3CCCC3)nc2n1. The number of aromatic nitrogens is 4. The summed E-state index contributed by atoms with van der Waals surface area (Å²) in [6, 6.07) is 10.3. The van der Waals surface area contributed by atoms with E-state index in [4.69, 9.17) is 0 Å². The van der Waals surface area contributed by atoms with Crippen LogP contribution in [0.1, 0.15) is 35.6 Å². The molecule has 0 N–H and O–H groups in total. The number of benzene rings is 1. The number of para-hydroxylation sites is 1. The van der Waals surface area contributed by atoms with Crippen LogP contribution in [0, 0.1) is 13.8 Å². The lowest BCUT2D eigenvalue weighted by Crippen LogP contribution is -2.29. The Labute approximate surface area is 165 Å². The minimum atomic E-state index is 0.00139. The molecule has 146 valence electrons. The van der Waals surface area contributed by atoms with Crippen LogP contribution >= 0.6 is 0 Å². The van der Waals surface area contributed by atoms with E-state index in [1.165, 1.54) is 24.1 Å². The third kappa shape index (κ3) is 3.69. The van der Waals surface area contributed by atoms with Crippen molar-refractivity contribution < 1.29 is 4.79 Å². The smallest absolute Gasteiger partial charge is 0.252 e. The average Bonchev–Trinajstić information content (AvgIpc) is 3.32. The standard InChI is InChI=1S/C21H26N6O/c1-15-12-16(2)27-21(22-15)23-19(24-27)13-20(28)25(3)14-17-8-4-5-9-18(17)26-10-6-7-11-26/h4-5,8-9,12H,6-7,10-11,13-14H2,1-3H3. The summed E-state index contributed by atoms with van der Waals surface area (Å²) in [6.45, 7) is 6.65. The molecule has 3 heterocycles. The van der Waals surface area contributed by atoms with Crippen LogP contribution in [0.2, 0.25) is 0 Å². The third-order valence-corrected chi connectivity index (χ3v) is 5.24. The molecule has 7 nitrogen and oxygen atoms in total. The quantitative estimate of drug-likeness (QED) is 0.683. The molecule has 4 rings (SSSR count). The molecule has 0 aliphatic carbocycles. The first-order valence-electron chi connectivity index (χ1n) is 9.78. The Morgan fingerprint density at radius 1 is 1.14 bits per heavy atom. The van der Waals surface area contributed by atoms with Crippen LogP contribution in [0.5, 0.6) is 0 Å². The highest BCUT2D eigenvalue weighted by Crippen LogP contribution is 2.25. The van der Waals surface area contributed by atoms with Crippen molar-refractivity contribution in [3.63, 3.8) is 0 Å². The summed E-state index contributed by atoms with van der Waals surface area (Å²) in [4.78, 5) is 25.8. The van der Waals surface area contributed by atoms with Gasteiger partial charge in [0.1, 0.15) is 0 Å². The second kappa shape index (κ2) is 7.58. The Morgan fingerprint density at radius 3 is 2.68 bits per heavy atom. The lowest BCUT2D eigenvalue weighted by Gasteiger charge is -2.24. The van der Waals surface area contributed by atoms with Crippen molar-refractivity contribution in [1.29, 1.82) is 0 Å². The van der Waals surface area contributed by atoms with Crippen molar-refractivity contribution in [2.75, 3.05) is 25.0 Å². The predicted molar refractivity (Wildman–Crippen MR) is 108 cm³/mol. The van der Waals surface area contributed by atoms with Crippen LogP contribution < -0.4 is 4.90 Å². The molecule has 0 unspecified atom stereocenters. The molecule has 0 saturated carbocycles. The van der Waals surface area contributed by atoms with Crippen LogP contribution in [0.25, 0.3) is 5.78 Å². The zero-order chi connectivity index (χ0) is 19.7. The molecule has 1 aliphatic rings. The molecule has 2 aromatic heterocycles. The van der Waals surface area contributed by atoms with Crippen molar-refractivity contribution in [3.8, 4) is 0 Å². The highest BCUT2D eigenvalue weighted by Gasteiger charge is 2.19. The van der Waals surface area contributed by atoms with Gasteiger partial charge in [-0.2, -0.15) is 4.98 Å². The molecule has 28 heavy (non-hydrogen) atoms. The Bertz CT molecular complexity index is 1010. The lowest BCUT2D eigenvalue weighted by atomic mass is 10.1. The van der Waals surface area contributed by atoms with E-state index in [0.717, 1.165) is 24.5 Å². The molecule has 1 amide bonds. The van der Waals surface area contributed by atoms with E-state index in [9.17, 15) is 4.79 Å². The number of aryl methyl sites for hydroxylation is 2. The summed E-state index contributed by atoms with van der Waals surface area (Å²) in [5, 5.41) is 4.45. The van der Waals surface area contributed by atoms with E-state index >= 15 is 0 Å². The molecule has 1 saturated heterocycles. The van der Waals surface area contributed by atoms with Crippen LogP contribution in [0.4, 0.5) is 5.69 Å². The van der Waals surface area contributed by atoms with Gasteiger partial charge in [0, 0.05) is 43.8 Å². The van der Waals surface area contributed by atoms with Gasteiger partial charge in [0.2, 0.25) is 5.91 Å². The number of fused-ring (bicyclic) bond motifs is 1. The molecule has 1 aliphatic heterocycles. The molecule has 0 spiro atoms. The number of likely N-dealkylation sites (N-methyl/N-ethyl adjacent to an activating group) is 1. The van der Waals surface area contributed by atoms with Gasteiger partial charge in [-0.1, -0.05) is 18.2 Å². The topological polar surface area (TPSA) is 66.6 Å². The van der Waals surface area contributed by atoms with E-state index in [-0.39, 0.29) is 12.3 Å². The zero-order valence-electron chi connectivity index (χ0n) is 16.7. The Hall–Kier alpha value is -2.96. The minimum absolute atomic E-state index is 0.00139. The Balaban J connectivity index is 1.48. The average molecular weight is 378 g/mol. The van der Waals surface area contributed by atoms with E-state index < -0.39 is 0 Å². The number of carbonyl (C=O) groups excluding carboxylic acids is 1. The van der Waals surface area contributed by atoms with Gasteiger partial charge in [-0.05, 0) is 44.4 Å². The van der Waals surface area contributed by atoms with Crippen LogP contribution in [0.15, 0.2) is 30.3 Å². The number of carbonyl (C=O) groups is 1. The van der Waals surface area contributed by atoms with Crippen molar-refractivity contribution in [2.45, 2.75) is 39.7 Å². The molecular weight excluding hydrogens is 352 g/mol. The van der Waals surface area contributed by atoms with E-state index in [0.29, 0.717) is 18.1 Å². The van der Waals surface area contributed by atoms with E-state index in [1.807, 2.05) is 33.0 Å². The molecule has 1 aromatic carbocycles. The second-order valence-corrected chi connectivity index (χ2v) is 7.53. The van der Waals surface area contributed by atoms with Gasteiger partial charge in [-0.25, -0.2) is 9.50 Å². The van der Waals surface area contributed by atoms with Gasteiger partial charge >= 0.3 is 0 Å². The first-order valence-corrected chi connectivity index (χ1v) is 9.78. The van der Waals surface area contributed by atoms with Crippen LogP contribution in [-0.2, 0) is 17.8 Å². The van der Waals surface area contributed by atoms with Crippen molar-refractivity contribution in [2.24, 2.45) is 0 Å². The van der Waals surface area contributed by atoms with Gasteiger partial charge in [0.25, 0.3) is 5.78 Å². The fourth-order valence-electron chi connectivity index (χ4n) is 3.81. The Kier molecular flexibility index (Phi) is 4.98. The van der Waals surface area contributed by atoms with Gasteiger partial charge in [0.05, 0.1) is 6.42 Å². The fourth-order valence-corrected chi connectivity index (χ4v) is 3.81. The van der Waals surface area contributed by atoms with Gasteiger partial charge in [0.15, 0.2) is 5.82 Å². The third-order valence-electron chi connectivity index (χ3n) is 5.24. The summed E-state index contributed by atoms with van der Waals surface area (Å²) in [5.41, 5.74) is 4.27. The van der Waals surface area contributed by atoms with Crippen molar-refractivity contribution in [1.82, 2.24) is 24.5 Å². The largest absolute Gasteiger partial charge is 0.371 e. The molecular formula is C21H26N6O. The first kappa shape index (κ1) is 18.4. The van der Waals surface area contributed by atoms with Crippen LogP contribution in [0.3, 0.4) is 0 Å². The normalized spacial score (nSPS) is 14.0. The number of nitrogens with zero attached hydrogens (tertiary/aromatic N) is 6. The monoisotopic (exact) mass is 378 g/mol. The number of hydrogen-bond donors (Lipinski definition) is 0.